The summed E-state index contributed by atoms with van der Waals surface area (Å²) in [5.41, 5.74) is -1.03. The molecule has 2 N–H and O–H groups in total. The van der Waals surface area contributed by atoms with Gasteiger partial charge in [-0.2, -0.15) is 23.0 Å². The fourth-order valence-electron chi connectivity index (χ4n) is 3.81. The number of alkyl halides is 3. The Hall–Kier alpha value is -3.53. The number of rotatable bonds is 4. The van der Waals surface area contributed by atoms with Crippen molar-refractivity contribution in [3.63, 3.8) is 0 Å². The highest BCUT2D eigenvalue weighted by Gasteiger charge is 2.30. The van der Waals surface area contributed by atoms with Gasteiger partial charge in [0, 0.05) is 11.8 Å². The van der Waals surface area contributed by atoms with Crippen molar-refractivity contribution in [1.82, 2.24) is 20.1 Å². The summed E-state index contributed by atoms with van der Waals surface area (Å²) in [6.45, 7) is 0. The van der Waals surface area contributed by atoms with Gasteiger partial charge in [-0.15, -0.1) is 0 Å². The summed E-state index contributed by atoms with van der Waals surface area (Å²) in [6.07, 6.45) is 0.526. The lowest BCUT2D eigenvalue weighted by molar-refractivity contribution is -0.137. The maximum atomic E-state index is 13.1. The molecule has 3 aromatic rings. The van der Waals surface area contributed by atoms with Gasteiger partial charge in [-0.25, -0.2) is 0 Å². The molecule has 2 heterocycles. The smallest absolute Gasteiger partial charge is 0.391 e. The zero-order valence-electron chi connectivity index (χ0n) is 17.4. The number of hydrogen-bond donors (Lipinski definition) is 2. The van der Waals surface area contributed by atoms with Gasteiger partial charge in [0.1, 0.15) is 5.56 Å². The summed E-state index contributed by atoms with van der Waals surface area (Å²) < 4.78 is 39.8. The van der Waals surface area contributed by atoms with Gasteiger partial charge in [0.25, 0.3) is 11.5 Å². The predicted molar refractivity (Wildman–Crippen MR) is 114 cm³/mol. The lowest BCUT2D eigenvalue weighted by Crippen LogP contribution is -2.46. The molecule has 0 spiro atoms. The number of nitrogens with one attached hydrogen (secondary N) is 1. The van der Waals surface area contributed by atoms with E-state index in [9.17, 15) is 27.9 Å². The quantitative estimate of drug-likeness (QED) is 0.625. The molecule has 4 rings (SSSR count). The Morgan fingerprint density at radius 2 is 1.85 bits per heavy atom. The second-order valence-corrected chi connectivity index (χ2v) is 7.88. The summed E-state index contributed by atoms with van der Waals surface area (Å²) in [5, 5.41) is 17.2. The van der Waals surface area contributed by atoms with E-state index in [4.69, 9.17) is 0 Å². The average molecular weight is 458 g/mol. The van der Waals surface area contributed by atoms with Crippen LogP contribution in [-0.2, 0) is 6.18 Å². The molecule has 1 aliphatic rings. The van der Waals surface area contributed by atoms with E-state index in [-0.39, 0.29) is 11.3 Å². The van der Waals surface area contributed by atoms with E-state index in [1.54, 1.807) is 12.1 Å². The van der Waals surface area contributed by atoms with E-state index in [0.717, 1.165) is 29.7 Å². The van der Waals surface area contributed by atoms with Crippen molar-refractivity contribution < 1.29 is 23.1 Å². The van der Waals surface area contributed by atoms with Crippen molar-refractivity contribution in [2.45, 2.75) is 44.0 Å². The molecule has 0 radical (unpaired) electrons. The summed E-state index contributed by atoms with van der Waals surface area (Å²) in [5.74, 6) is -0.681. The molecule has 1 aromatic carbocycles. The van der Waals surface area contributed by atoms with Crippen LogP contribution < -0.4 is 10.9 Å². The number of nitrogens with zero attached hydrogens (tertiary/aromatic N) is 3. The molecule has 0 saturated heterocycles. The number of aliphatic hydroxyl groups is 1. The topological polar surface area (TPSA) is 97.1 Å². The van der Waals surface area contributed by atoms with E-state index >= 15 is 0 Å². The molecule has 33 heavy (non-hydrogen) atoms. The van der Waals surface area contributed by atoms with Crippen LogP contribution in [0.2, 0.25) is 0 Å². The van der Waals surface area contributed by atoms with Crippen LogP contribution in [0.5, 0.6) is 0 Å². The van der Waals surface area contributed by atoms with Gasteiger partial charge >= 0.3 is 6.18 Å². The minimum absolute atomic E-state index is 0.140. The lowest BCUT2D eigenvalue weighted by Gasteiger charge is -2.28. The molecule has 1 aliphatic carbocycles. The highest BCUT2D eigenvalue weighted by molar-refractivity contribution is 5.95. The molecule has 2 aromatic heterocycles. The van der Waals surface area contributed by atoms with E-state index in [0.29, 0.717) is 24.1 Å². The number of hydrogen-bond acceptors (Lipinski definition) is 5. The SMILES string of the molecule is O=C(N[C@H]1CCCC[C@H]1O)c1cc(-c2ccc(C(F)(F)F)cc2)nn(-c2cccnc2)c1=O. The highest BCUT2D eigenvalue weighted by atomic mass is 19.4. The first-order valence-electron chi connectivity index (χ1n) is 10.5. The van der Waals surface area contributed by atoms with E-state index < -0.39 is 35.4 Å². The largest absolute Gasteiger partial charge is 0.416 e. The van der Waals surface area contributed by atoms with E-state index in [1.807, 2.05) is 0 Å². The number of carbonyl (C=O) groups is 1. The molecule has 0 unspecified atom stereocenters. The van der Waals surface area contributed by atoms with Gasteiger partial charge in [-0.3, -0.25) is 14.6 Å². The molecule has 172 valence electrons. The second-order valence-electron chi connectivity index (χ2n) is 7.88. The predicted octanol–water partition coefficient (Wildman–Crippen LogP) is 3.35. The van der Waals surface area contributed by atoms with Crippen LogP contribution in [-0.4, -0.2) is 37.9 Å². The van der Waals surface area contributed by atoms with Crippen molar-refractivity contribution in [1.29, 1.82) is 0 Å². The van der Waals surface area contributed by atoms with Crippen LogP contribution in [0.4, 0.5) is 13.2 Å². The Bertz CT molecular complexity index is 1190. The zero-order valence-corrected chi connectivity index (χ0v) is 17.4. The molecule has 7 nitrogen and oxygen atoms in total. The van der Waals surface area contributed by atoms with Crippen molar-refractivity contribution in [2.24, 2.45) is 0 Å². The van der Waals surface area contributed by atoms with Crippen LogP contribution in [0, 0.1) is 0 Å². The third kappa shape index (κ3) is 4.95. The Balaban J connectivity index is 1.77. The normalized spacial score (nSPS) is 18.7. The molecule has 2 atom stereocenters. The van der Waals surface area contributed by atoms with Gasteiger partial charge in [0.2, 0.25) is 0 Å². The Kier molecular flexibility index (Phi) is 6.28. The third-order valence-corrected chi connectivity index (χ3v) is 5.60. The van der Waals surface area contributed by atoms with Gasteiger partial charge in [-0.1, -0.05) is 25.0 Å². The molecular formula is C23H21F3N4O3. The monoisotopic (exact) mass is 458 g/mol. The van der Waals surface area contributed by atoms with Crippen molar-refractivity contribution in [3.05, 3.63) is 76.3 Å². The van der Waals surface area contributed by atoms with Crippen LogP contribution in [0.25, 0.3) is 16.9 Å². The Morgan fingerprint density at radius 1 is 1.12 bits per heavy atom. The number of halogens is 3. The maximum Gasteiger partial charge on any atom is 0.416 e. The maximum absolute atomic E-state index is 13.1. The average Bonchev–Trinajstić information content (AvgIpc) is 2.81. The number of benzene rings is 1. The molecule has 1 saturated carbocycles. The fraction of sp³-hybridized carbons (Fsp3) is 0.304. The highest BCUT2D eigenvalue weighted by Crippen LogP contribution is 2.30. The number of amides is 1. The molecule has 0 bridgehead atoms. The Labute approximate surface area is 186 Å². The van der Waals surface area contributed by atoms with Crippen LogP contribution in [0.1, 0.15) is 41.6 Å². The minimum Gasteiger partial charge on any atom is -0.391 e. The molecule has 0 aliphatic heterocycles. The van der Waals surface area contributed by atoms with Gasteiger partial charge in [0.15, 0.2) is 0 Å². The van der Waals surface area contributed by atoms with Crippen LogP contribution in [0.3, 0.4) is 0 Å². The first-order chi connectivity index (χ1) is 15.7. The number of aromatic nitrogens is 3. The summed E-state index contributed by atoms with van der Waals surface area (Å²) in [6, 6.07) is 8.22. The molecule has 1 amide bonds. The van der Waals surface area contributed by atoms with Gasteiger partial charge < -0.3 is 10.4 Å². The third-order valence-electron chi connectivity index (χ3n) is 5.60. The summed E-state index contributed by atoms with van der Waals surface area (Å²) in [4.78, 5) is 30.1. The minimum atomic E-state index is -4.49. The summed E-state index contributed by atoms with van der Waals surface area (Å²) >= 11 is 0. The van der Waals surface area contributed by atoms with Gasteiger partial charge in [0.05, 0.1) is 35.3 Å². The van der Waals surface area contributed by atoms with Gasteiger partial charge in [-0.05, 0) is 43.2 Å². The molecule has 1 fully saturated rings. The fourth-order valence-corrected chi connectivity index (χ4v) is 3.81. The lowest BCUT2D eigenvalue weighted by atomic mass is 9.92. The van der Waals surface area contributed by atoms with E-state index in [2.05, 4.69) is 15.4 Å². The van der Waals surface area contributed by atoms with E-state index in [1.165, 1.54) is 30.6 Å². The second kappa shape index (κ2) is 9.14. The standard InChI is InChI=1S/C23H21F3N4O3/c24-23(25,26)15-9-7-14(8-10-15)19-12-17(21(32)28-18-5-1-2-6-20(18)31)22(33)30(29-19)16-4-3-11-27-13-16/h3-4,7-13,18,20,31H,1-2,5-6H2,(H,28,32)/t18-,20+/m0/s1. The number of aliphatic hydroxyl groups excluding tert-OH is 1. The molecular weight excluding hydrogens is 437 g/mol. The van der Waals surface area contributed by atoms with Crippen LogP contribution >= 0.6 is 0 Å². The number of carbonyl (C=O) groups excluding carboxylic acids is 1. The Morgan fingerprint density at radius 3 is 2.48 bits per heavy atom. The first-order valence-corrected chi connectivity index (χ1v) is 10.5. The van der Waals surface area contributed by atoms with Crippen molar-refractivity contribution in [3.8, 4) is 16.9 Å². The summed E-state index contributed by atoms with van der Waals surface area (Å²) in [7, 11) is 0. The zero-order chi connectivity index (χ0) is 23.6. The number of pyridine rings is 1. The molecule has 10 heteroatoms. The van der Waals surface area contributed by atoms with Crippen molar-refractivity contribution in [2.75, 3.05) is 0 Å². The van der Waals surface area contributed by atoms with Crippen LogP contribution in [0.15, 0.2) is 59.7 Å². The first kappa shape index (κ1) is 22.7. The van der Waals surface area contributed by atoms with Crippen molar-refractivity contribution >= 4 is 5.91 Å².